The number of aliphatic hydroxyl groups excluding tert-OH is 1. The second-order valence-electron chi connectivity index (χ2n) is 6.04. The van der Waals surface area contributed by atoms with Crippen LogP contribution in [0.5, 0.6) is 11.5 Å². The Morgan fingerprint density at radius 2 is 2.08 bits per heavy atom. The lowest BCUT2D eigenvalue weighted by molar-refractivity contribution is -0.141. The van der Waals surface area contributed by atoms with E-state index in [9.17, 15) is 14.7 Å². The second kappa shape index (κ2) is 8.98. The number of ether oxygens (including phenoxy) is 3. The lowest BCUT2D eigenvalue weighted by Crippen LogP contribution is -2.16. The molecule has 1 aromatic rings. The van der Waals surface area contributed by atoms with Crippen LogP contribution in [0.3, 0.4) is 0 Å². The predicted molar refractivity (Wildman–Crippen MR) is 100 cm³/mol. The average Bonchev–Trinajstić information content (AvgIpc) is 2.92. The number of carbonyl (C=O) groups is 2. The van der Waals surface area contributed by atoms with Gasteiger partial charge in [0, 0.05) is 18.1 Å². The summed E-state index contributed by atoms with van der Waals surface area (Å²) in [5, 5.41) is 10.5. The lowest BCUT2D eigenvalue weighted by Gasteiger charge is -2.13. The number of aliphatic hydroxyl groups is 1. The van der Waals surface area contributed by atoms with Gasteiger partial charge in [0.2, 0.25) is 0 Å². The summed E-state index contributed by atoms with van der Waals surface area (Å²) in [6.45, 7) is 1.97. The van der Waals surface area contributed by atoms with E-state index in [1.54, 1.807) is 44.2 Å². The number of methoxy groups -OCH3 is 2. The maximum Gasteiger partial charge on any atom is 0.346 e. The molecule has 1 aromatic carbocycles. The van der Waals surface area contributed by atoms with Crippen molar-refractivity contribution in [3.63, 3.8) is 0 Å². The van der Waals surface area contributed by atoms with Crippen LogP contribution in [-0.4, -0.2) is 48.7 Å². The smallest absolute Gasteiger partial charge is 0.346 e. The topological polar surface area (TPSA) is 82.1 Å². The number of thioether (sulfide) groups is 1. The fraction of sp³-hybridized carbons (Fsp3) is 0.474. The van der Waals surface area contributed by atoms with Gasteiger partial charge in [0.25, 0.3) is 0 Å². The van der Waals surface area contributed by atoms with Crippen LogP contribution in [0.2, 0.25) is 0 Å². The summed E-state index contributed by atoms with van der Waals surface area (Å²) < 4.78 is 15.7. The summed E-state index contributed by atoms with van der Waals surface area (Å²) in [6.07, 6.45) is 2.09. The highest BCUT2D eigenvalue weighted by Gasteiger charge is 2.38. The van der Waals surface area contributed by atoms with Gasteiger partial charge in [-0.2, -0.15) is 11.8 Å². The van der Waals surface area contributed by atoms with E-state index < -0.39 is 17.9 Å². The first-order chi connectivity index (χ1) is 12.4. The highest BCUT2D eigenvalue weighted by molar-refractivity contribution is 7.99. The summed E-state index contributed by atoms with van der Waals surface area (Å²) in [4.78, 5) is 24.5. The van der Waals surface area contributed by atoms with Gasteiger partial charge < -0.3 is 19.3 Å². The molecular formula is C19H24O6S. The van der Waals surface area contributed by atoms with E-state index in [0.717, 1.165) is 5.56 Å². The minimum atomic E-state index is -0.747. The molecule has 0 bridgehead atoms. The number of esters is 1. The Morgan fingerprint density at radius 1 is 1.35 bits per heavy atom. The van der Waals surface area contributed by atoms with E-state index in [2.05, 4.69) is 0 Å². The average molecular weight is 380 g/mol. The van der Waals surface area contributed by atoms with E-state index in [-0.39, 0.29) is 23.0 Å². The molecule has 6 nitrogen and oxygen atoms in total. The normalized spacial score (nSPS) is 17.8. The van der Waals surface area contributed by atoms with Crippen LogP contribution >= 0.6 is 11.8 Å². The first-order valence-corrected chi connectivity index (χ1v) is 9.61. The molecule has 1 aliphatic rings. The van der Waals surface area contributed by atoms with Crippen LogP contribution in [0.1, 0.15) is 25.3 Å². The minimum absolute atomic E-state index is 0.0584. The molecule has 0 spiro atoms. The Morgan fingerprint density at radius 3 is 2.69 bits per heavy atom. The molecule has 0 radical (unpaired) electrons. The van der Waals surface area contributed by atoms with Gasteiger partial charge >= 0.3 is 5.97 Å². The fourth-order valence-electron chi connectivity index (χ4n) is 2.77. The molecule has 0 saturated heterocycles. The van der Waals surface area contributed by atoms with Gasteiger partial charge in [-0.3, -0.25) is 4.79 Å². The Balaban J connectivity index is 2.11. The van der Waals surface area contributed by atoms with Crippen LogP contribution in [0, 0.1) is 0 Å². The molecule has 142 valence electrons. The van der Waals surface area contributed by atoms with Crippen molar-refractivity contribution in [3.05, 3.63) is 35.1 Å². The van der Waals surface area contributed by atoms with Crippen LogP contribution in [0.4, 0.5) is 0 Å². The van der Waals surface area contributed by atoms with Crippen molar-refractivity contribution in [1.29, 1.82) is 0 Å². The lowest BCUT2D eigenvalue weighted by atomic mass is 10.0. The van der Waals surface area contributed by atoms with Crippen molar-refractivity contribution in [2.24, 2.45) is 0 Å². The number of rotatable bonds is 9. The molecule has 0 aliphatic carbocycles. The molecule has 0 fully saturated rings. The summed E-state index contributed by atoms with van der Waals surface area (Å²) in [7, 11) is 3.11. The van der Waals surface area contributed by atoms with Crippen LogP contribution in [0.15, 0.2) is 29.5 Å². The highest BCUT2D eigenvalue weighted by Crippen LogP contribution is 2.29. The predicted octanol–water partition coefficient (Wildman–Crippen LogP) is 3.08. The van der Waals surface area contributed by atoms with Crippen molar-refractivity contribution in [1.82, 2.24) is 0 Å². The number of hydrogen-bond acceptors (Lipinski definition) is 7. The minimum Gasteiger partial charge on any atom is -0.507 e. The van der Waals surface area contributed by atoms with Crippen LogP contribution in [-0.2, 0) is 20.7 Å². The van der Waals surface area contributed by atoms with Crippen molar-refractivity contribution in [2.45, 2.75) is 37.5 Å². The molecule has 0 saturated carbocycles. The first kappa shape index (κ1) is 20.2. The van der Waals surface area contributed by atoms with Crippen molar-refractivity contribution < 1.29 is 28.9 Å². The summed E-state index contributed by atoms with van der Waals surface area (Å²) in [5.41, 5.74) is 0.560. The summed E-state index contributed by atoms with van der Waals surface area (Å²) >= 11 is 1.60. The van der Waals surface area contributed by atoms with E-state index >= 15 is 0 Å². The Kier molecular flexibility index (Phi) is 6.97. The maximum atomic E-state index is 12.5. The molecular weight excluding hydrogens is 356 g/mol. The van der Waals surface area contributed by atoms with Gasteiger partial charge in [-0.25, -0.2) is 4.79 Å². The van der Waals surface area contributed by atoms with Crippen molar-refractivity contribution in [3.8, 4) is 11.5 Å². The Hall–Kier alpha value is -2.15. The van der Waals surface area contributed by atoms with Gasteiger partial charge in [0.15, 0.2) is 17.6 Å². The van der Waals surface area contributed by atoms with Crippen LogP contribution < -0.4 is 9.47 Å². The molecule has 1 aliphatic heterocycles. The zero-order chi connectivity index (χ0) is 19.3. The third-order valence-corrected chi connectivity index (χ3v) is 5.35. The van der Waals surface area contributed by atoms with Gasteiger partial charge in [0.05, 0.1) is 14.2 Å². The quantitative estimate of drug-likeness (QED) is 0.521. The molecule has 1 heterocycles. The molecule has 2 atom stereocenters. The van der Waals surface area contributed by atoms with E-state index in [0.29, 0.717) is 24.3 Å². The number of hydrogen-bond donors (Lipinski definition) is 1. The maximum absolute atomic E-state index is 12.5. The molecule has 2 rings (SSSR count). The van der Waals surface area contributed by atoms with Gasteiger partial charge in [-0.15, -0.1) is 0 Å². The largest absolute Gasteiger partial charge is 0.507 e. The van der Waals surface area contributed by atoms with Gasteiger partial charge in [-0.1, -0.05) is 6.92 Å². The SMILES string of the molecule is COc1ccc(OC)c(CCC(=O)C2=C(O)C(CC(C)SC)OC2=O)c1. The molecule has 26 heavy (non-hydrogen) atoms. The molecule has 0 aromatic heterocycles. The zero-order valence-corrected chi connectivity index (χ0v) is 16.2. The van der Waals surface area contributed by atoms with Crippen molar-refractivity contribution >= 4 is 23.5 Å². The Labute approximate surface area is 157 Å². The number of carbonyl (C=O) groups excluding carboxylic acids is 2. The number of aryl methyl sites for hydroxylation is 1. The van der Waals surface area contributed by atoms with Crippen LogP contribution in [0.25, 0.3) is 0 Å². The number of cyclic esters (lactones) is 1. The standard InChI is InChI=1S/C19H24O6S/c1-11(26-4)9-16-18(21)17(19(22)25-16)14(20)7-5-12-10-13(23-2)6-8-15(12)24-3/h6,8,10-11,16,21H,5,7,9H2,1-4H3. The first-order valence-electron chi connectivity index (χ1n) is 8.32. The number of ketones is 1. The third-order valence-electron chi connectivity index (χ3n) is 4.35. The number of benzene rings is 1. The number of Topliss-reactive ketones (excluding diaryl/α,β-unsaturated/α-hetero) is 1. The molecule has 2 unspecified atom stereocenters. The molecule has 1 N–H and O–H groups in total. The van der Waals surface area contributed by atoms with Gasteiger partial charge in [-0.05, 0) is 36.4 Å². The van der Waals surface area contributed by atoms with Gasteiger partial charge in [0.1, 0.15) is 17.1 Å². The molecule has 7 heteroatoms. The molecule has 0 amide bonds. The van der Waals surface area contributed by atoms with Crippen molar-refractivity contribution in [2.75, 3.05) is 20.5 Å². The summed E-state index contributed by atoms with van der Waals surface area (Å²) in [6, 6.07) is 5.32. The summed E-state index contributed by atoms with van der Waals surface area (Å²) in [5.74, 6) is -0.141. The highest BCUT2D eigenvalue weighted by atomic mass is 32.2. The second-order valence-corrected chi connectivity index (χ2v) is 7.31. The monoisotopic (exact) mass is 380 g/mol. The Bertz CT molecular complexity index is 712. The van der Waals surface area contributed by atoms with E-state index in [4.69, 9.17) is 14.2 Å². The van der Waals surface area contributed by atoms with E-state index in [1.165, 1.54) is 0 Å². The fourth-order valence-corrected chi connectivity index (χ4v) is 3.14. The zero-order valence-electron chi connectivity index (χ0n) is 15.4. The third kappa shape index (κ3) is 4.52. The van der Waals surface area contributed by atoms with E-state index in [1.807, 2.05) is 13.2 Å².